The Bertz CT molecular complexity index is 2920. The Morgan fingerprint density at radius 1 is 0.315 bits per heavy atom. The molecule has 54 heavy (non-hydrogen) atoms. The summed E-state index contributed by atoms with van der Waals surface area (Å²) in [6.07, 6.45) is 0. The zero-order valence-corrected chi connectivity index (χ0v) is 29.7. The number of fused-ring (bicyclic) bond motifs is 4. The third-order valence-electron chi connectivity index (χ3n) is 10.6. The van der Waals surface area contributed by atoms with Crippen LogP contribution >= 0.6 is 0 Å². The number of aromatic nitrogens is 1. The van der Waals surface area contributed by atoms with E-state index in [0.29, 0.717) is 0 Å². The van der Waals surface area contributed by atoms with E-state index in [1.54, 1.807) is 0 Å². The lowest BCUT2D eigenvalue weighted by Gasteiger charge is -2.30. The van der Waals surface area contributed by atoms with Crippen LogP contribution in [0.1, 0.15) is 0 Å². The number of rotatable bonds is 7. The molecule has 9 aromatic carbocycles. The summed E-state index contributed by atoms with van der Waals surface area (Å²) in [6.45, 7) is 0. The molecule has 2 heteroatoms. The Hall–Kier alpha value is -7.16. The number of anilines is 3. The molecule has 0 bridgehead atoms. The molecule has 0 unspecified atom stereocenters. The highest BCUT2D eigenvalue weighted by Gasteiger charge is 2.23. The molecule has 0 radical (unpaired) electrons. The lowest BCUT2D eigenvalue weighted by Crippen LogP contribution is -2.12. The van der Waals surface area contributed by atoms with E-state index in [2.05, 4.69) is 228 Å². The van der Waals surface area contributed by atoms with Gasteiger partial charge in [0.05, 0.1) is 22.4 Å². The molecule has 2 nitrogen and oxygen atoms in total. The quantitative estimate of drug-likeness (QED) is 0.162. The average molecular weight is 689 g/mol. The van der Waals surface area contributed by atoms with Gasteiger partial charge < -0.3 is 9.47 Å². The van der Waals surface area contributed by atoms with Gasteiger partial charge in [0.1, 0.15) is 0 Å². The molecule has 0 fully saturated rings. The second-order valence-electron chi connectivity index (χ2n) is 13.7. The molecule has 0 aliphatic heterocycles. The monoisotopic (exact) mass is 688 g/mol. The first kappa shape index (κ1) is 31.6. The van der Waals surface area contributed by atoms with Gasteiger partial charge >= 0.3 is 0 Å². The summed E-state index contributed by atoms with van der Waals surface area (Å²) in [4.78, 5) is 2.44. The summed E-state index contributed by atoms with van der Waals surface area (Å²) in [5, 5.41) is 4.98. The fourth-order valence-electron chi connectivity index (χ4n) is 8.20. The van der Waals surface area contributed by atoms with Crippen LogP contribution in [0, 0.1) is 0 Å². The Kier molecular flexibility index (Phi) is 7.85. The van der Waals surface area contributed by atoms with E-state index in [-0.39, 0.29) is 0 Å². The molecule has 0 spiro atoms. The van der Waals surface area contributed by atoms with Gasteiger partial charge in [-0.15, -0.1) is 0 Å². The first-order valence-electron chi connectivity index (χ1n) is 18.5. The van der Waals surface area contributed by atoms with Crippen molar-refractivity contribution in [3.8, 4) is 39.1 Å². The molecule has 0 saturated heterocycles. The van der Waals surface area contributed by atoms with Crippen LogP contribution in [0.3, 0.4) is 0 Å². The molecule has 0 amide bonds. The van der Waals surface area contributed by atoms with Crippen molar-refractivity contribution in [3.05, 3.63) is 218 Å². The molecule has 0 atom stereocenters. The molecular formula is C52H36N2. The van der Waals surface area contributed by atoms with E-state index in [0.717, 1.165) is 22.7 Å². The van der Waals surface area contributed by atoms with Gasteiger partial charge in [0.2, 0.25) is 0 Å². The number of benzene rings is 9. The van der Waals surface area contributed by atoms with E-state index < -0.39 is 0 Å². The van der Waals surface area contributed by atoms with Crippen LogP contribution in [0.25, 0.3) is 71.6 Å². The minimum Gasteiger partial charge on any atom is -0.309 e. The average Bonchev–Trinajstić information content (AvgIpc) is 3.60. The van der Waals surface area contributed by atoms with Gasteiger partial charge in [0.25, 0.3) is 0 Å². The predicted octanol–water partition coefficient (Wildman–Crippen LogP) is 14.4. The predicted molar refractivity (Wildman–Crippen MR) is 229 cm³/mol. The van der Waals surface area contributed by atoms with E-state index in [9.17, 15) is 0 Å². The van der Waals surface area contributed by atoms with Crippen molar-refractivity contribution < 1.29 is 0 Å². The fraction of sp³-hybridized carbons (Fsp3) is 0. The summed E-state index contributed by atoms with van der Waals surface area (Å²) in [5.41, 5.74) is 14.0. The topological polar surface area (TPSA) is 8.17 Å². The van der Waals surface area contributed by atoms with Crippen molar-refractivity contribution in [2.24, 2.45) is 0 Å². The summed E-state index contributed by atoms with van der Waals surface area (Å²) in [7, 11) is 0. The van der Waals surface area contributed by atoms with Crippen molar-refractivity contribution >= 4 is 49.6 Å². The molecule has 10 aromatic rings. The second kappa shape index (κ2) is 13.4. The lowest BCUT2D eigenvalue weighted by molar-refractivity contribution is 1.18. The van der Waals surface area contributed by atoms with Gasteiger partial charge in [0.15, 0.2) is 0 Å². The van der Waals surface area contributed by atoms with Crippen molar-refractivity contribution in [2.45, 2.75) is 0 Å². The number of para-hydroxylation sites is 4. The van der Waals surface area contributed by atoms with Gasteiger partial charge in [-0.3, -0.25) is 0 Å². The zero-order valence-electron chi connectivity index (χ0n) is 29.7. The lowest BCUT2D eigenvalue weighted by atomic mass is 9.95. The van der Waals surface area contributed by atoms with Crippen LogP contribution in [0.15, 0.2) is 218 Å². The summed E-state index contributed by atoms with van der Waals surface area (Å²) in [5.74, 6) is 0. The molecule has 10 rings (SSSR count). The van der Waals surface area contributed by atoms with Gasteiger partial charge in [-0.25, -0.2) is 0 Å². The molecule has 0 aliphatic carbocycles. The third kappa shape index (κ3) is 5.36. The maximum atomic E-state index is 2.44. The first-order valence-corrected chi connectivity index (χ1v) is 18.5. The summed E-state index contributed by atoms with van der Waals surface area (Å²) < 4.78 is 2.39. The Labute approximate surface area is 315 Å². The van der Waals surface area contributed by atoms with Crippen LogP contribution in [0.5, 0.6) is 0 Å². The summed E-state index contributed by atoms with van der Waals surface area (Å²) in [6, 6.07) is 78.9. The highest BCUT2D eigenvalue weighted by molar-refractivity contribution is 6.17. The molecule has 0 N–H and O–H groups in total. The number of nitrogens with zero attached hydrogens (tertiary/aromatic N) is 2. The van der Waals surface area contributed by atoms with Crippen molar-refractivity contribution in [1.29, 1.82) is 0 Å². The Morgan fingerprint density at radius 3 is 1.63 bits per heavy atom. The highest BCUT2D eigenvalue weighted by Crippen LogP contribution is 2.47. The zero-order chi connectivity index (χ0) is 35.8. The van der Waals surface area contributed by atoms with Gasteiger partial charge in [-0.05, 0) is 81.6 Å². The highest BCUT2D eigenvalue weighted by atomic mass is 15.1. The van der Waals surface area contributed by atoms with Crippen LogP contribution in [0.4, 0.5) is 17.1 Å². The molecular weight excluding hydrogens is 653 g/mol. The fourth-order valence-corrected chi connectivity index (χ4v) is 8.20. The van der Waals surface area contributed by atoms with Crippen molar-refractivity contribution in [3.63, 3.8) is 0 Å². The minimum absolute atomic E-state index is 1.09. The van der Waals surface area contributed by atoms with Gasteiger partial charge in [0, 0.05) is 33.3 Å². The van der Waals surface area contributed by atoms with Crippen LogP contribution in [-0.2, 0) is 0 Å². The Balaban J connectivity index is 1.21. The largest absolute Gasteiger partial charge is 0.309 e. The van der Waals surface area contributed by atoms with Crippen LogP contribution in [0.2, 0.25) is 0 Å². The van der Waals surface area contributed by atoms with Crippen molar-refractivity contribution in [1.82, 2.24) is 4.57 Å². The van der Waals surface area contributed by atoms with E-state index in [4.69, 9.17) is 0 Å². The van der Waals surface area contributed by atoms with E-state index in [1.165, 1.54) is 66.0 Å². The molecule has 0 aliphatic rings. The number of hydrogen-bond acceptors (Lipinski definition) is 1. The van der Waals surface area contributed by atoms with Gasteiger partial charge in [-0.1, -0.05) is 170 Å². The number of hydrogen-bond donors (Lipinski definition) is 0. The van der Waals surface area contributed by atoms with Crippen LogP contribution in [-0.4, -0.2) is 4.57 Å². The minimum atomic E-state index is 1.09. The third-order valence-corrected chi connectivity index (χ3v) is 10.6. The normalized spacial score (nSPS) is 11.3. The van der Waals surface area contributed by atoms with Crippen molar-refractivity contribution in [2.75, 3.05) is 4.90 Å². The SMILES string of the molecule is c1ccc(-c2ccccc2N(c2ccc(-c3cccc4ccccc34)cc2)c2ccccc2-c2cccc3c2c2ccccc2n3-c2ccccc2)cc1. The molecule has 1 heterocycles. The van der Waals surface area contributed by atoms with E-state index >= 15 is 0 Å². The van der Waals surface area contributed by atoms with E-state index in [1.807, 2.05) is 0 Å². The molecule has 1 aromatic heterocycles. The maximum Gasteiger partial charge on any atom is 0.0547 e. The summed E-state index contributed by atoms with van der Waals surface area (Å²) >= 11 is 0. The van der Waals surface area contributed by atoms with Crippen LogP contribution < -0.4 is 4.90 Å². The first-order chi connectivity index (χ1) is 26.8. The smallest absolute Gasteiger partial charge is 0.0547 e. The molecule has 0 saturated carbocycles. The maximum absolute atomic E-state index is 2.44. The standard InChI is InChI=1S/C52H36N2/c1-3-17-38(18-4-1)44-24-9-12-29-48(44)53(41-35-33-39(34-36-41)43-27-15-20-37-19-7-8-23-42(37)43)49-30-13-10-25-45(49)46-28-16-32-51-52(46)47-26-11-14-31-50(47)54(51)40-21-5-2-6-22-40/h1-36H. The van der Waals surface area contributed by atoms with Gasteiger partial charge in [-0.2, -0.15) is 0 Å². The Morgan fingerprint density at radius 2 is 0.833 bits per heavy atom. The second-order valence-corrected chi connectivity index (χ2v) is 13.7. The molecule has 254 valence electrons.